The molecular weight excluding hydrogens is 335 g/mol. The minimum atomic E-state index is -0.613. The molecule has 0 saturated carbocycles. The summed E-state index contributed by atoms with van der Waals surface area (Å²) in [4.78, 5) is 17.0. The van der Waals surface area contributed by atoms with Crippen molar-refractivity contribution in [1.82, 2.24) is 4.98 Å². The molecule has 0 aliphatic carbocycles. The summed E-state index contributed by atoms with van der Waals surface area (Å²) in [6.45, 7) is 3.86. The molecule has 26 heavy (non-hydrogen) atoms. The van der Waals surface area contributed by atoms with Gasteiger partial charge in [-0.15, -0.1) is 0 Å². The molecule has 0 radical (unpaired) electrons. The first kappa shape index (κ1) is 17.4. The fourth-order valence-corrected chi connectivity index (χ4v) is 2.59. The lowest BCUT2D eigenvalue weighted by molar-refractivity contribution is 0.0730. The third-order valence-electron chi connectivity index (χ3n) is 3.70. The van der Waals surface area contributed by atoms with Gasteiger partial charge in [0.15, 0.2) is 11.5 Å². The van der Waals surface area contributed by atoms with Crippen molar-refractivity contribution in [3.8, 4) is 17.6 Å². The topological polar surface area (TPSA) is 72.2 Å². The smallest absolute Gasteiger partial charge is 0.344 e. The van der Waals surface area contributed by atoms with Crippen LogP contribution in [0.3, 0.4) is 0 Å². The summed E-state index contributed by atoms with van der Waals surface area (Å²) >= 11 is 0. The summed E-state index contributed by atoms with van der Waals surface area (Å²) < 4.78 is 24.4. The van der Waals surface area contributed by atoms with Crippen LogP contribution in [-0.4, -0.2) is 17.6 Å². The van der Waals surface area contributed by atoms with Crippen LogP contribution < -0.4 is 9.47 Å². The van der Waals surface area contributed by atoms with E-state index in [0.29, 0.717) is 34.5 Å². The second kappa shape index (κ2) is 7.19. The highest BCUT2D eigenvalue weighted by molar-refractivity contribution is 6.04. The number of nitrogens with zero attached hydrogens (tertiary/aromatic N) is 2. The van der Waals surface area contributed by atoms with Gasteiger partial charge in [-0.25, -0.2) is 9.18 Å². The van der Waals surface area contributed by atoms with Gasteiger partial charge in [0.05, 0.1) is 29.3 Å². The van der Waals surface area contributed by atoms with Gasteiger partial charge in [0.1, 0.15) is 5.82 Å². The van der Waals surface area contributed by atoms with E-state index in [4.69, 9.17) is 14.7 Å². The Kier molecular flexibility index (Phi) is 4.81. The van der Waals surface area contributed by atoms with Gasteiger partial charge in [0.2, 0.25) is 0 Å². The molecule has 0 amide bonds. The van der Waals surface area contributed by atoms with Gasteiger partial charge >= 0.3 is 5.97 Å². The predicted octanol–water partition coefficient (Wildman–Crippen LogP) is 4.17. The van der Waals surface area contributed by atoms with Crippen LogP contribution in [0, 0.1) is 24.1 Å². The maximum Gasteiger partial charge on any atom is 0.344 e. The number of carbonyl (C=O) groups excluding carboxylic acids is 1. The lowest BCUT2D eigenvalue weighted by Crippen LogP contribution is -2.11. The Morgan fingerprint density at radius 1 is 1.19 bits per heavy atom. The number of pyridine rings is 1. The largest absolute Gasteiger partial charge is 0.490 e. The van der Waals surface area contributed by atoms with Crippen LogP contribution in [-0.2, 0) is 0 Å². The summed E-state index contributed by atoms with van der Waals surface area (Å²) in [6.07, 6.45) is 0. The van der Waals surface area contributed by atoms with Gasteiger partial charge in [0.25, 0.3) is 0 Å². The van der Waals surface area contributed by atoms with E-state index in [9.17, 15) is 9.18 Å². The number of halogens is 1. The molecule has 1 heterocycles. The van der Waals surface area contributed by atoms with Gasteiger partial charge in [-0.05, 0) is 44.2 Å². The Labute approximate surface area is 149 Å². The van der Waals surface area contributed by atoms with Crippen molar-refractivity contribution in [2.75, 3.05) is 6.61 Å². The minimum Gasteiger partial charge on any atom is -0.490 e. The number of benzene rings is 2. The maximum atomic E-state index is 13.5. The highest BCUT2D eigenvalue weighted by Gasteiger charge is 2.17. The van der Waals surface area contributed by atoms with E-state index in [0.717, 1.165) is 0 Å². The molecule has 0 aliphatic rings. The van der Waals surface area contributed by atoms with Gasteiger partial charge in [0, 0.05) is 23.2 Å². The van der Waals surface area contributed by atoms with E-state index in [-0.39, 0.29) is 11.3 Å². The van der Waals surface area contributed by atoms with Crippen LogP contribution in [0.1, 0.15) is 28.5 Å². The Bertz CT molecular complexity index is 1040. The van der Waals surface area contributed by atoms with E-state index in [1.165, 1.54) is 36.4 Å². The van der Waals surface area contributed by atoms with Gasteiger partial charge < -0.3 is 9.47 Å². The third kappa shape index (κ3) is 3.47. The van der Waals surface area contributed by atoms with Gasteiger partial charge in [-0.1, -0.05) is 0 Å². The summed E-state index contributed by atoms with van der Waals surface area (Å²) in [5.74, 6) is -0.528. The number of ether oxygens (including phenoxy) is 2. The van der Waals surface area contributed by atoms with Crippen molar-refractivity contribution >= 4 is 16.9 Å². The highest BCUT2D eigenvalue weighted by atomic mass is 19.1. The number of carbonyl (C=O) groups is 1. The average Bonchev–Trinajstić information content (AvgIpc) is 2.62. The standard InChI is InChI=1S/C20H15FN2O3/c1-3-25-19-9-13(11-22)4-7-18(19)26-20(24)16-8-12(2)23-17-10-14(21)5-6-15(16)17/h4-10H,3H2,1-2H3. The van der Waals surface area contributed by atoms with Crippen LogP contribution in [0.4, 0.5) is 4.39 Å². The summed E-state index contributed by atoms with van der Waals surface area (Å²) in [7, 11) is 0. The molecule has 6 heteroatoms. The lowest BCUT2D eigenvalue weighted by atomic mass is 10.1. The fraction of sp³-hybridized carbons (Fsp3) is 0.150. The fourth-order valence-electron chi connectivity index (χ4n) is 2.59. The zero-order chi connectivity index (χ0) is 18.7. The molecule has 2 aromatic carbocycles. The van der Waals surface area contributed by atoms with Crippen molar-refractivity contribution in [1.29, 1.82) is 5.26 Å². The Hall–Kier alpha value is -3.46. The molecule has 0 fully saturated rings. The summed E-state index contributed by atoms with van der Waals surface area (Å²) in [5.41, 5.74) is 1.62. The molecule has 0 saturated heterocycles. The van der Waals surface area contributed by atoms with E-state index < -0.39 is 11.8 Å². The van der Waals surface area contributed by atoms with Crippen molar-refractivity contribution in [2.24, 2.45) is 0 Å². The molecule has 0 atom stereocenters. The van der Waals surface area contributed by atoms with E-state index >= 15 is 0 Å². The number of nitriles is 1. The van der Waals surface area contributed by atoms with Crippen molar-refractivity contribution in [3.05, 3.63) is 65.1 Å². The molecule has 0 unspecified atom stereocenters. The Balaban J connectivity index is 2.01. The second-order valence-electron chi connectivity index (χ2n) is 5.57. The van der Waals surface area contributed by atoms with Crippen LogP contribution in [0.15, 0.2) is 42.5 Å². The summed E-state index contributed by atoms with van der Waals surface area (Å²) in [5, 5.41) is 9.50. The van der Waals surface area contributed by atoms with Gasteiger partial charge in [-0.2, -0.15) is 5.26 Å². The van der Waals surface area contributed by atoms with Crippen molar-refractivity contribution < 1.29 is 18.7 Å². The molecular formula is C20H15FN2O3. The highest BCUT2D eigenvalue weighted by Crippen LogP contribution is 2.30. The van der Waals surface area contributed by atoms with Crippen LogP contribution in [0.5, 0.6) is 11.5 Å². The lowest BCUT2D eigenvalue weighted by Gasteiger charge is -2.12. The first-order chi connectivity index (χ1) is 12.5. The molecule has 5 nitrogen and oxygen atoms in total. The number of aromatic nitrogens is 1. The van der Waals surface area contributed by atoms with Crippen LogP contribution >= 0.6 is 0 Å². The third-order valence-corrected chi connectivity index (χ3v) is 3.70. The Morgan fingerprint density at radius 2 is 2.00 bits per heavy atom. The van der Waals surface area contributed by atoms with E-state index in [1.807, 2.05) is 6.07 Å². The average molecular weight is 350 g/mol. The molecule has 0 bridgehead atoms. The van der Waals surface area contributed by atoms with E-state index in [2.05, 4.69) is 4.98 Å². The molecule has 130 valence electrons. The number of rotatable bonds is 4. The number of aryl methyl sites for hydroxylation is 1. The Morgan fingerprint density at radius 3 is 2.73 bits per heavy atom. The predicted molar refractivity (Wildman–Crippen MR) is 93.7 cm³/mol. The normalized spacial score (nSPS) is 10.4. The van der Waals surface area contributed by atoms with Crippen LogP contribution in [0.2, 0.25) is 0 Å². The number of hydrogen-bond acceptors (Lipinski definition) is 5. The SMILES string of the molecule is CCOc1cc(C#N)ccc1OC(=O)c1cc(C)nc2cc(F)ccc12. The second-order valence-corrected chi connectivity index (χ2v) is 5.57. The van der Waals surface area contributed by atoms with E-state index in [1.54, 1.807) is 19.9 Å². The van der Waals surface area contributed by atoms with Crippen LogP contribution in [0.25, 0.3) is 10.9 Å². The summed E-state index contributed by atoms with van der Waals surface area (Å²) in [6, 6.07) is 12.2. The zero-order valence-corrected chi connectivity index (χ0v) is 14.2. The molecule has 0 spiro atoms. The monoisotopic (exact) mass is 350 g/mol. The first-order valence-electron chi connectivity index (χ1n) is 7.98. The number of fused-ring (bicyclic) bond motifs is 1. The molecule has 3 rings (SSSR count). The molecule has 0 N–H and O–H groups in total. The maximum absolute atomic E-state index is 13.5. The first-order valence-corrected chi connectivity index (χ1v) is 7.98. The number of esters is 1. The number of hydrogen-bond donors (Lipinski definition) is 0. The van der Waals surface area contributed by atoms with Crippen molar-refractivity contribution in [3.63, 3.8) is 0 Å². The minimum absolute atomic E-state index is 0.209. The quantitative estimate of drug-likeness (QED) is 0.521. The van der Waals surface area contributed by atoms with Crippen molar-refractivity contribution in [2.45, 2.75) is 13.8 Å². The van der Waals surface area contributed by atoms with Gasteiger partial charge in [-0.3, -0.25) is 4.98 Å². The molecule has 1 aromatic heterocycles. The zero-order valence-electron chi connectivity index (χ0n) is 14.2. The molecule has 0 aliphatic heterocycles. The molecule has 3 aromatic rings.